The zero-order valence-corrected chi connectivity index (χ0v) is 14.7. The van der Waals surface area contributed by atoms with Crippen molar-refractivity contribution < 1.29 is 4.79 Å². The van der Waals surface area contributed by atoms with Gasteiger partial charge in [0.25, 0.3) is 0 Å². The molecule has 1 heterocycles. The largest absolute Gasteiger partial charge is 0.289 e. The van der Waals surface area contributed by atoms with E-state index in [4.69, 9.17) is 0 Å². The monoisotopic (exact) mass is 343 g/mol. The van der Waals surface area contributed by atoms with Crippen LogP contribution in [0.1, 0.15) is 39.3 Å². The predicted octanol–water partition coefficient (Wildman–Crippen LogP) is 5.50. The first kappa shape index (κ1) is 15.7. The van der Waals surface area contributed by atoms with Gasteiger partial charge in [0.2, 0.25) is 0 Å². The average Bonchev–Trinajstić information content (AvgIpc) is 3.17. The van der Waals surface area contributed by atoms with Gasteiger partial charge in [-0.1, -0.05) is 60.7 Å². The summed E-state index contributed by atoms with van der Waals surface area (Å²) < 4.78 is 0. The lowest BCUT2D eigenvalue weighted by Crippen LogP contribution is -2.13. The standard InChI is InChI=1S/C22H17NOS/c1-15-13-17-9-5-6-10-18(17)21(22-23-11-12-25-22)19(15)14-20(24)16-7-3-2-4-8-16/h2-14,21H,1H3. The second kappa shape index (κ2) is 6.61. The van der Waals surface area contributed by atoms with E-state index in [2.05, 4.69) is 30.1 Å². The number of aromatic nitrogens is 1. The van der Waals surface area contributed by atoms with Crippen molar-refractivity contribution in [2.45, 2.75) is 12.8 Å². The smallest absolute Gasteiger partial charge is 0.186 e. The number of carbonyl (C=O) groups is 1. The van der Waals surface area contributed by atoms with E-state index in [0.29, 0.717) is 5.56 Å². The molecule has 0 bridgehead atoms. The van der Waals surface area contributed by atoms with Crippen LogP contribution in [0, 0.1) is 0 Å². The summed E-state index contributed by atoms with van der Waals surface area (Å²) in [6.07, 6.45) is 5.76. The van der Waals surface area contributed by atoms with Crippen molar-refractivity contribution in [2.24, 2.45) is 0 Å². The maximum atomic E-state index is 12.8. The fourth-order valence-electron chi connectivity index (χ4n) is 3.28. The van der Waals surface area contributed by atoms with Crippen molar-refractivity contribution in [1.82, 2.24) is 4.98 Å². The number of thiazole rings is 1. The van der Waals surface area contributed by atoms with Crippen molar-refractivity contribution in [1.29, 1.82) is 0 Å². The number of nitrogens with zero attached hydrogens (tertiary/aromatic N) is 1. The van der Waals surface area contributed by atoms with Crippen LogP contribution in [-0.2, 0) is 0 Å². The number of allylic oxidation sites excluding steroid dienone is 3. The molecule has 0 aliphatic heterocycles. The van der Waals surface area contributed by atoms with Crippen LogP contribution in [0.15, 0.2) is 83.4 Å². The number of hydrogen-bond acceptors (Lipinski definition) is 3. The van der Waals surface area contributed by atoms with Crippen LogP contribution < -0.4 is 0 Å². The first-order valence-electron chi connectivity index (χ1n) is 8.22. The van der Waals surface area contributed by atoms with E-state index in [-0.39, 0.29) is 11.7 Å². The van der Waals surface area contributed by atoms with Crippen LogP contribution in [0.25, 0.3) is 6.08 Å². The Balaban J connectivity index is 1.85. The molecule has 2 aromatic carbocycles. The molecule has 1 aliphatic rings. The number of fused-ring (bicyclic) bond motifs is 1. The fraction of sp³-hybridized carbons (Fsp3) is 0.0909. The van der Waals surface area contributed by atoms with Crippen LogP contribution in [0.3, 0.4) is 0 Å². The molecule has 3 heteroatoms. The van der Waals surface area contributed by atoms with Gasteiger partial charge in [0.1, 0.15) is 5.01 Å². The lowest BCUT2D eigenvalue weighted by Gasteiger charge is -2.26. The van der Waals surface area contributed by atoms with Crippen molar-refractivity contribution in [2.75, 3.05) is 0 Å². The summed E-state index contributed by atoms with van der Waals surface area (Å²) in [7, 11) is 0. The Morgan fingerprint density at radius 2 is 1.84 bits per heavy atom. The van der Waals surface area contributed by atoms with E-state index in [9.17, 15) is 4.79 Å². The van der Waals surface area contributed by atoms with Gasteiger partial charge in [-0.2, -0.15) is 0 Å². The van der Waals surface area contributed by atoms with Crippen molar-refractivity contribution in [3.8, 4) is 0 Å². The molecule has 4 rings (SSSR count). The Morgan fingerprint density at radius 3 is 2.60 bits per heavy atom. The average molecular weight is 343 g/mol. The van der Waals surface area contributed by atoms with Gasteiger partial charge in [-0.15, -0.1) is 11.3 Å². The minimum Gasteiger partial charge on any atom is -0.289 e. The fourth-order valence-corrected chi connectivity index (χ4v) is 4.06. The first-order valence-corrected chi connectivity index (χ1v) is 9.10. The Hall–Kier alpha value is -2.78. The van der Waals surface area contributed by atoms with Crippen molar-refractivity contribution in [3.63, 3.8) is 0 Å². The van der Waals surface area contributed by atoms with Crippen LogP contribution in [-0.4, -0.2) is 10.8 Å². The van der Waals surface area contributed by atoms with E-state index >= 15 is 0 Å². The molecule has 25 heavy (non-hydrogen) atoms. The van der Waals surface area contributed by atoms with Crippen molar-refractivity contribution >= 4 is 23.2 Å². The molecule has 0 radical (unpaired) electrons. The Labute approximate surface area is 151 Å². The maximum absolute atomic E-state index is 12.8. The highest BCUT2D eigenvalue weighted by Crippen LogP contribution is 2.42. The predicted molar refractivity (Wildman–Crippen MR) is 103 cm³/mol. The summed E-state index contributed by atoms with van der Waals surface area (Å²) >= 11 is 1.63. The maximum Gasteiger partial charge on any atom is 0.186 e. The summed E-state index contributed by atoms with van der Waals surface area (Å²) in [4.78, 5) is 17.3. The summed E-state index contributed by atoms with van der Waals surface area (Å²) in [5.74, 6) is 0.0400. The highest BCUT2D eigenvalue weighted by atomic mass is 32.1. The second-order valence-corrected chi connectivity index (χ2v) is 7.02. The molecular formula is C22H17NOS. The molecule has 1 atom stereocenters. The number of carbonyl (C=O) groups excluding carboxylic acids is 1. The van der Waals surface area contributed by atoms with E-state index in [0.717, 1.165) is 16.2 Å². The van der Waals surface area contributed by atoms with Crippen LogP contribution >= 0.6 is 11.3 Å². The van der Waals surface area contributed by atoms with Crippen LogP contribution in [0.5, 0.6) is 0 Å². The lowest BCUT2D eigenvalue weighted by molar-refractivity contribution is 0.104. The minimum absolute atomic E-state index is 0.00821. The third-order valence-electron chi connectivity index (χ3n) is 4.49. The third-order valence-corrected chi connectivity index (χ3v) is 5.33. The molecule has 0 spiro atoms. The lowest BCUT2D eigenvalue weighted by atomic mass is 9.79. The summed E-state index contributed by atoms with van der Waals surface area (Å²) in [6.45, 7) is 2.07. The normalized spacial score (nSPS) is 17.9. The molecule has 1 aromatic heterocycles. The van der Waals surface area contributed by atoms with Crippen molar-refractivity contribution in [3.05, 3.63) is 105 Å². The van der Waals surface area contributed by atoms with E-state index in [1.54, 1.807) is 17.4 Å². The Kier molecular flexibility index (Phi) is 4.16. The number of benzene rings is 2. The molecule has 2 nitrogen and oxygen atoms in total. The quantitative estimate of drug-likeness (QED) is 0.464. The van der Waals surface area contributed by atoms with Crippen LogP contribution in [0.2, 0.25) is 0 Å². The Morgan fingerprint density at radius 1 is 1.08 bits per heavy atom. The van der Waals surface area contributed by atoms with Gasteiger partial charge in [0.05, 0.1) is 5.92 Å². The van der Waals surface area contributed by atoms with Crippen LogP contribution in [0.4, 0.5) is 0 Å². The molecule has 0 saturated heterocycles. The first-order chi connectivity index (χ1) is 12.2. The SMILES string of the molecule is CC1=Cc2ccccc2C(c2nccs2)C1=CC(=O)c1ccccc1. The van der Waals surface area contributed by atoms with E-state index in [1.165, 1.54) is 11.1 Å². The zero-order valence-electron chi connectivity index (χ0n) is 13.8. The van der Waals surface area contributed by atoms with E-state index < -0.39 is 0 Å². The third kappa shape index (κ3) is 2.99. The number of hydrogen-bond donors (Lipinski definition) is 0. The second-order valence-electron chi connectivity index (χ2n) is 6.09. The molecule has 3 aromatic rings. The van der Waals surface area contributed by atoms with Gasteiger partial charge in [-0.25, -0.2) is 4.98 Å². The van der Waals surface area contributed by atoms with Gasteiger partial charge in [0, 0.05) is 17.1 Å². The molecule has 0 fully saturated rings. The van der Waals surface area contributed by atoms with Gasteiger partial charge in [0.15, 0.2) is 5.78 Å². The Bertz CT molecular complexity index is 968. The zero-order chi connectivity index (χ0) is 17.2. The highest BCUT2D eigenvalue weighted by molar-refractivity contribution is 7.09. The summed E-state index contributed by atoms with van der Waals surface area (Å²) in [5.41, 5.74) is 5.25. The molecule has 0 N–H and O–H groups in total. The van der Waals surface area contributed by atoms with Gasteiger partial charge in [-0.05, 0) is 35.3 Å². The molecule has 0 saturated carbocycles. The summed E-state index contributed by atoms with van der Waals surface area (Å²) in [5, 5.41) is 3.01. The molecule has 0 amide bonds. The van der Waals surface area contributed by atoms with E-state index in [1.807, 2.05) is 54.0 Å². The van der Waals surface area contributed by atoms with Gasteiger partial charge in [-0.3, -0.25) is 4.79 Å². The number of ketones is 1. The topological polar surface area (TPSA) is 30.0 Å². The minimum atomic E-state index is 0.00821. The number of rotatable bonds is 3. The summed E-state index contributed by atoms with van der Waals surface area (Å²) in [6, 6.07) is 17.8. The molecule has 1 aliphatic carbocycles. The molecule has 122 valence electrons. The van der Waals surface area contributed by atoms with Gasteiger partial charge >= 0.3 is 0 Å². The molecule has 1 unspecified atom stereocenters. The molecular weight excluding hydrogens is 326 g/mol. The van der Waals surface area contributed by atoms with Gasteiger partial charge < -0.3 is 0 Å². The highest BCUT2D eigenvalue weighted by Gasteiger charge is 2.28.